The second kappa shape index (κ2) is 10.4. The van der Waals surface area contributed by atoms with Crippen LogP contribution in [0.2, 0.25) is 5.02 Å². The number of hydrogen-bond donors (Lipinski definition) is 0. The summed E-state index contributed by atoms with van der Waals surface area (Å²) in [5.74, 6) is 1.33. The van der Waals surface area contributed by atoms with E-state index in [4.69, 9.17) is 16.3 Å². The van der Waals surface area contributed by atoms with Gasteiger partial charge in [0.25, 0.3) is 0 Å². The molecule has 0 bridgehead atoms. The molecule has 0 N–H and O–H groups in total. The number of hydrogen-bond acceptors (Lipinski definition) is 2. The number of halogens is 1. The van der Waals surface area contributed by atoms with E-state index in [1.165, 1.54) is 29.5 Å². The van der Waals surface area contributed by atoms with E-state index in [9.17, 15) is 4.79 Å². The topological polar surface area (TPSA) is 26.3 Å². The van der Waals surface area contributed by atoms with Crippen LogP contribution in [0.1, 0.15) is 59.7 Å². The largest absolute Gasteiger partial charge is 0.492 e. The van der Waals surface area contributed by atoms with Gasteiger partial charge < -0.3 is 4.74 Å². The average Bonchev–Trinajstić information content (AvgIpc) is 2.63. The van der Waals surface area contributed by atoms with Crippen molar-refractivity contribution in [1.82, 2.24) is 0 Å². The number of aldehydes is 1. The van der Waals surface area contributed by atoms with E-state index in [0.29, 0.717) is 28.9 Å². The number of benzene rings is 2. The molecule has 2 rings (SSSR count). The summed E-state index contributed by atoms with van der Waals surface area (Å²) in [5, 5.41) is 0.495. The molecule has 0 radical (unpaired) electrons. The molecule has 0 saturated carbocycles. The zero-order valence-electron chi connectivity index (χ0n) is 16.1. The van der Waals surface area contributed by atoms with Crippen molar-refractivity contribution in [3.8, 4) is 5.75 Å². The van der Waals surface area contributed by atoms with E-state index in [1.807, 2.05) is 0 Å². The molecule has 3 heteroatoms. The highest BCUT2D eigenvalue weighted by Crippen LogP contribution is 2.26. The van der Waals surface area contributed by atoms with Crippen LogP contribution >= 0.6 is 11.6 Å². The summed E-state index contributed by atoms with van der Waals surface area (Å²) in [6.07, 6.45) is 6.50. The van der Waals surface area contributed by atoms with Crippen molar-refractivity contribution in [1.29, 1.82) is 0 Å². The van der Waals surface area contributed by atoms with Gasteiger partial charge >= 0.3 is 0 Å². The van der Waals surface area contributed by atoms with Gasteiger partial charge in [0.2, 0.25) is 0 Å². The van der Waals surface area contributed by atoms with Gasteiger partial charge in [-0.1, -0.05) is 49.6 Å². The Labute approximate surface area is 162 Å². The van der Waals surface area contributed by atoms with Crippen LogP contribution in [0, 0.1) is 19.8 Å². The predicted molar refractivity (Wildman–Crippen MR) is 110 cm³/mol. The molecule has 0 saturated heterocycles. The van der Waals surface area contributed by atoms with Gasteiger partial charge in [-0.3, -0.25) is 4.79 Å². The monoisotopic (exact) mass is 372 g/mol. The molecule has 140 valence electrons. The maximum absolute atomic E-state index is 10.8. The van der Waals surface area contributed by atoms with Crippen LogP contribution in [0.3, 0.4) is 0 Å². The number of ether oxygens (including phenoxy) is 1. The second-order valence-electron chi connectivity index (χ2n) is 7.08. The average molecular weight is 373 g/mol. The zero-order chi connectivity index (χ0) is 18.9. The lowest BCUT2D eigenvalue weighted by Gasteiger charge is -2.17. The Morgan fingerprint density at radius 2 is 1.88 bits per heavy atom. The summed E-state index contributed by atoms with van der Waals surface area (Å²) in [4.78, 5) is 10.8. The number of carbonyl (C=O) groups is 1. The molecular weight excluding hydrogens is 344 g/mol. The van der Waals surface area contributed by atoms with Crippen molar-refractivity contribution in [3.63, 3.8) is 0 Å². The van der Waals surface area contributed by atoms with Crippen molar-refractivity contribution < 1.29 is 9.53 Å². The molecule has 0 amide bonds. The lowest BCUT2D eigenvalue weighted by Crippen LogP contribution is -2.08. The molecule has 0 aliphatic carbocycles. The summed E-state index contributed by atoms with van der Waals surface area (Å²) in [7, 11) is 0. The molecule has 0 aliphatic heterocycles. The van der Waals surface area contributed by atoms with Crippen LogP contribution < -0.4 is 4.74 Å². The van der Waals surface area contributed by atoms with Crippen molar-refractivity contribution in [2.45, 2.75) is 52.9 Å². The SMILES string of the molecule is CCC[C@@H](CCCOc1ccc(C=O)cc1Cl)Cc1ccc(C)c(C)c1. The summed E-state index contributed by atoms with van der Waals surface area (Å²) >= 11 is 6.15. The molecule has 1 atom stereocenters. The van der Waals surface area contributed by atoms with Gasteiger partial charge in [0.05, 0.1) is 11.6 Å². The fraction of sp³-hybridized carbons (Fsp3) is 0.435. The van der Waals surface area contributed by atoms with Crippen molar-refractivity contribution in [3.05, 3.63) is 63.7 Å². The molecule has 0 aromatic heterocycles. The van der Waals surface area contributed by atoms with Gasteiger partial charge in [0, 0.05) is 5.56 Å². The minimum absolute atomic E-state index is 0.495. The molecule has 0 unspecified atom stereocenters. The van der Waals surface area contributed by atoms with E-state index >= 15 is 0 Å². The summed E-state index contributed by atoms with van der Waals surface area (Å²) in [5.41, 5.74) is 4.72. The molecule has 0 aliphatic rings. The van der Waals surface area contributed by atoms with Crippen LogP contribution in [0.15, 0.2) is 36.4 Å². The van der Waals surface area contributed by atoms with E-state index in [1.54, 1.807) is 18.2 Å². The number of rotatable bonds is 10. The van der Waals surface area contributed by atoms with E-state index < -0.39 is 0 Å². The predicted octanol–water partition coefficient (Wildman–Crippen LogP) is 6.59. The van der Waals surface area contributed by atoms with Gasteiger partial charge in [-0.05, 0) is 73.9 Å². The summed E-state index contributed by atoms with van der Waals surface area (Å²) in [6.45, 7) is 7.24. The Morgan fingerprint density at radius 3 is 2.54 bits per heavy atom. The maximum atomic E-state index is 10.8. The second-order valence-corrected chi connectivity index (χ2v) is 7.48. The lowest BCUT2D eigenvalue weighted by atomic mass is 9.90. The van der Waals surface area contributed by atoms with Crippen molar-refractivity contribution in [2.75, 3.05) is 6.61 Å². The van der Waals surface area contributed by atoms with Gasteiger partial charge in [0.15, 0.2) is 0 Å². The van der Waals surface area contributed by atoms with E-state index in [-0.39, 0.29) is 0 Å². The Hall–Kier alpha value is -1.80. The lowest BCUT2D eigenvalue weighted by molar-refractivity contribution is 0.112. The zero-order valence-corrected chi connectivity index (χ0v) is 16.8. The molecule has 26 heavy (non-hydrogen) atoms. The molecule has 0 spiro atoms. The van der Waals surface area contributed by atoms with Crippen LogP contribution in [0.4, 0.5) is 0 Å². The molecule has 2 nitrogen and oxygen atoms in total. The Balaban J connectivity index is 1.84. The minimum Gasteiger partial charge on any atom is -0.492 e. The molecule has 2 aromatic carbocycles. The molecule has 0 fully saturated rings. The fourth-order valence-corrected chi connectivity index (χ4v) is 3.53. The van der Waals surface area contributed by atoms with E-state index in [2.05, 4.69) is 39.0 Å². The van der Waals surface area contributed by atoms with Gasteiger partial charge in [-0.15, -0.1) is 0 Å². The minimum atomic E-state index is 0.495. The first kappa shape index (κ1) is 20.5. The first-order chi connectivity index (χ1) is 12.5. The molecular formula is C23H29ClO2. The summed E-state index contributed by atoms with van der Waals surface area (Å²) in [6, 6.07) is 11.9. The highest BCUT2D eigenvalue weighted by molar-refractivity contribution is 6.32. The van der Waals surface area contributed by atoms with Gasteiger partial charge in [-0.2, -0.15) is 0 Å². The standard InChI is InChI=1S/C23H29ClO2/c1-4-6-19(14-20-9-8-17(2)18(3)13-20)7-5-12-26-23-11-10-21(16-25)15-22(23)24/h8-11,13,15-16,19H,4-7,12,14H2,1-3H3/t19-/m0/s1. The highest BCUT2D eigenvalue weighted by Gasteiger charge is 2.10. The summed E-state index contributed by atoms with van der Waals surface area (Å²) < 4.78 is 5.80. The molecule has 0 heterocycles. The maximum Gasteiger partial charge on any atom is 0.150 e. The van der Waals surface area contributed by atoms with Crippen molar-refractivity contribution in [2.24, 2.45) is 5.92 Å². The Bertz CT molecular complexity index is 724. The normalized spacial score (nSPS) is 12.0. The third kappa shape index (κ3) is 6.17. The first-order valence-corrected chi connectivity index (χ1v) is 9.85. The van der Waals surface area contributed by atoms with Crippen LogP contribution in [-0.4, -0.2) is 12.9 Å². The Morgan fingerprint density at radius 1 is 1.08 bits per heavy atom. The van der Waals surface area contributed by atoms with E-state index in [0.717, 1.165) is 25.5 Å². The van der Waals surface area contributed by atoms with Crippen molar-refractivity contribution >= 4 is 17.9 Å². The number of carbonyl (C=O) groups excluding carboxylic acids is 1. The van der Waals surface area contributed by atoms with Crippen LogP contribution in [0.5, 0.6) is 5.75 Å². The van der Waals surface area contributed by atoms with Gasteiger partial charge in [0.1, 0.15) is 12.0 Å². The quantitative estimate of drug-likeness (QED) is 0.347. The highest BCUT2D eigenvalue weighted by atomic mass is 35.5. The third-order valence-electron chi connectivity index (χ3n) is 4.90. The smallest absolute Gasteiger partial charge is 0.150 e. The van der Waals surface area contributed by atoms with Gasteiger partial charge in [-0.25, -0.2) is 0 Å². The third-order valence-corrected chi connectivity index (χ3v) is 5.19. The fourth-order valence-electron chi connectivity index (χ4n) is 3.28. The van der Waals surface area contributed by atoms with Crippen LogP contribution in [0.25, 0.3) is 0 Å². The molecule has 2 aromatic rings. The van der Waals surface area contributed by atoms with Crippen LogP contribution in [-0.2, 0) is 6.42 Å². The Kier molecular flexibility index (Phi) is 8.18. The first-order valence-electron chi connectivity index (χ1n) is 9.47. The number of aryl methyl sites for hydroxylation is 2.